The van der Waals surface area contributed by atoms with Gasteiger partial charge in [-0.25, -0.2) is 14.6 Å². The van der Waals surface area contributed by atoms with Gasteiger partial charge in [-0.15, -0.1) is 11.3 Å². The molecule has 0 atom stereocenters. The lowest BCUT2D eigenvalue weighted by Crippen LogP contribution is -2.21. The summed E-state index contributed by atoms with van der Waals surface area (Å²) in [6.07, 6.45) is 2.42. The second kappa shape index (κ2) is 10.6. The van der Waals surface area contributed by atoms with Crippen LogP contribution in [-0.2, 0) is 19.1 Å². The number of benzene rings is 1. The predicted molar refractivity (Wildman–Crippen MR) is 121 cm³/mol. The normalized spacial score (nSPS) is 10.9. The maximum Gasteiger partial charge on any atom is 0.341 e. The molecule has 0 aliphatic rings. The molecule has 0 saturated carbocycles. The summed E-state index contributed by atoms with van der Waals surface area (Å²) in [5.41, 5.74) is 1.68. The molecule has 0 aliphatic heterocycles. The number of thiophene rings is 1. The van der Waals surface area contributed by atoms with Crippen LogP contribution in [0.1, 0.15) is 38.4 Å². The number of amides is 2. The number of carbonyl (C=O) groups is 4. The van der Waals surface area contributed by atoms with E-state index in [1.54, 1.807) is 32.0 Å². The zero-order valence-corrected chi connectivity index (χ0v) is 18.9. The molecule has 0 fully saturated rings. The number of hydrogen-bond donors (Lipinski definition) is 2. The minimum Gasteiger partial charge on any atom is -0.462 e. The molecule has 2 heterocycles. The van der Waals surface area contributed by atoms with Gasteiger partial charge in [0.25, 0.3) is 11.8 Å². The number of oxazole rings is 1. The average molecular weight is 471 g/mol. The number of anilines is 1. The summed E-state index contributed by atoms with van der Waals surface area (Å²) in [7, 11) is 1.46. The third-order valence-electron chi connectivity index (χ3n) is 4.33. The first kappa shape index (κ1) is 23.7. The summed E-state index contributed by atoms with van der Waals surface area (Å²) in [6.45, 7) is 2.75. The fraction of sp³-hybridized carbons (Fsp3) is 0.227. The van der Waals surface area contributed by atoms with E-state index in [1.165, 1.54) is 13.1 Å². The highest BCUT2D eigenvalue weighted by Gasteiger charge is 2.26. The molecule has 11 heteroatoms. The molecular weight excluding hydrogens is 450 g/mol. The zero-order chi connectivity index (χ0) is 24.0. The number of nitrogens with zero attached hydrogens (tertiary/aromatic N) is 1. The van der Waals surface area contributed by atoms with Gasteiger partial charge in [-0.05, 0) is 31.5 Å². The lowest BCUT2D eigenvalue weighted by Gasteiger charge is -2.07. The van der Waals surface area contributed by atoms with Gasteiger partial charge >= 0.3 is 11.9 Å². The van der Waals surface area contributed by atoms with Crippen LogP contribution in [0.5, 0.6) is 0 Å². The Morgan fingerprint density at radius 2 is 1.94 bits per heavy atom. The highest BCUT2D eigenvalue weighted by atomic mass is 32.1. The number of carbonyl (C=O) groups excluding carboxylic acids is 4. The van der Waals surface area contributed by atoms with E-state index >= 15 is 0 Å². The number of aromatic nitrogens is 1. The second-order valence-corrected chi connectivity index (χ2v) is 7.59. The van der Waals surface area contributed by atoms with Crippen LogP contribution in [0.15, 0.2) is 34.8 Å². The molecule has 0 unspecified atom stereocenters. The van der Waals surface area contributed by atoms with Gasteiger partial charge in [0.15, 0.2) is 12.2 Å². The standard InChI is InChI=1S/C22H21N3O7S/c1-4-30-22(29)18-12(2)19(20(28)23-3)33-21(18)25-15(26)11-31-17(27)10-9-16-24-13-7-5-6-8-14(13)32-16/h5-10H,4,11H2,1-3H3,(H,23,28)(H,25,26)/b10-9+. The predicted octanol–water partition coefficient (Wildman–Crippen LogP) is 2.93. The van der Waals surface area contributed by atoms with Crippen molar-refractivity contribution < 1.29 is 33.1 Å². The van der Waals surface area contributed by atoms with Crippen LogP contribution >= 0.6 is 11.3 Å². The number of nitrogens with one attached hydrogen (secondary N) is 2. The van der Waals surface area contributed by atoms with Crippen molar-refractivity contribution in [2.45, 2.75) is 13.8 Å². The lowest BCUT2D eigenvalue weighted by atomic mass is 10.1. The lowest BCUT2D eigenvalue weighted by molar-refractivity contribution is -0.142. The Balaban J connectivity index is 1.64. The molecule has 172 valence electrons. The number of rotatable bonds is 8. The van der Waals surface area contributed by atoms with Gasteiger partial charge in [0, 0.05) is 19.2 Å². The quantitative estimate of drug-likeness (QED) is 0.378. The van der Waals surface area contributed by atoms with E-state index in [-0.39, 0.29) is 27.9 Å². The molecule has 3 rings (SSSR count). The van der Waals surface area contributed by atoms with Gasteiger partial charge in [-0.1, -0.05) is 12.1 Å². The zero-order valence-electron chi connectivity index (χ0n) is 18.1. The van der Waals surface area contributed by atoms with E-state index in [1.807, 2.05) is 6.07 Å². The van der Waals surface area contributed by atoms with Crippen molar-refractivity contribution in [2.75, 3.05) is 25.6 Å². The van der Waals surface area contributed by atoms with Crippen molar-refractivity contribution in [3.05, 3.63) is 52.2 Å². The van der Waals surface area contributed by atoms with Crippen molar-refractivity contribution in [1.29, 1.82) is 0 Å². The number of ether oxygens (including phenoxy) is 2. The van der Waals surface area contributed by atoms with E-state index in [0.29, 0.717) is 16.7 Å². The van der Waals surface area contributed by atoms with Crippen LogP contribution < -0.4 is 10.6 Å². The first-order valence-corrected chi connectivity index (χ1v) is 10.7. The van der Waals surface area contributed by atoms with Crippen LogP contribution in [0, 0.1) is 6.92 Å². The Morgan fingerprint density at radius 1 is 1.18 bits per heavy atom. The van der Waals surface area contributed by atoms with Crippen LogP contribution in [-0.4, -0.2) is 49.0 Å². The molecule has 0 saturated heterocycles. The summed E-state index contributed by atoms with van der Waals surface area (Å²) in [6, 6.07) is 7.12. The van der Waals surface area contributed by atoms with E-state index in [9.17, 15) is 19.2 Å². The van der Waals surface area contributed by atoms with Crippen molar-refractivity contribution in [2.24, 2.45) is 0 Å². The Hall–Kier alpha value is -3.99. The highest BCUT2D eigenvalue weighted by Crippen LogP contribution is 2.33. The Kier molecular flexibility index (Phi) is 7.57. The van der Waals surface area contributed by atoms with Crippen molar-refractivity contribution in [3.8, 4) is 0 Å². The third kappa shape index (κ3) is 5.63. The third-order valence-corrected chi connectivity index (χ3v) is 5.54. The van der Waals surface area contributed by atoms with E-state index < -0.39 is 30.4 Å². The molecular formula is C22H21N3O7S. The van der Waals surface area contributed by atoms with Crippen molar-refractivity contribution >= 4 is 57.3 Å². The van der Waals surface area contributed by atoms with Crippen molar-refractivity contribution in [3.63, 3.8) is 0 Å². The van der Waals surface area contributed by atoms with Gasteiger partial charge in [-0.2, -0.15) is 0 Å². The van der Waals surface area contributed by atoms with Crippen LogP contribution in [0.4, 0.5) is 5.00 Å². The van der Waals surface area contributed by atoms with Gasteiger partial charge < -0.3 is 24.5 Å². The number of hydrogen-bond acceptors (Lipinski definition) is 9. The fourth-order valence-electron chi connectivity index (χ4n) is 2.83. The van der Waals surface area contributed by atoms with Crippen LogP contribution in [0.25, 0.3) is 17.2 Å². The van der Waals surface area contributed by atoms with E-state index in [0.717, 1.165) is 17.4 Å². The van der Waals surface area contributed by atoms with Gasteiger partial charge in [0.1, 0.15) is 10.5 Å². The molecule has 33 heavy (non-hydrogen) atoms. The Bertz CT molecular complexity index is 1210. The van der Waals surface area contributed by atoms with Gasteiger partial charge in [-0.3, -0.25) is 9.59 Å². The number of para-hydroxylation sites is 2. The minimum absolute atomic E-state index is 0.0796. The first-order chi connectivity index (χ1) is 15.8. The maximum absolute atomic E-state index is 12.3. The largest absolute Gasteiger partial charge is 0.462 e. The first-order valence-electron chi connectivity index (χ1n) is 9.86. The maximum atomic E-state index is 12.3. The second-order valence-electron chi connectivity index (χ2n) is 6.57. The van der Waals surface area contributed by atoms with Gasteiger partial charge in [0.2, 0.25) is 5.89 Å². The molecule has 0 aliphatic carbocycles. The molecule has 2 amide bonds. The molecule has 0 spiro atoms. The fourth-order valence-corrected chi connectivity index (χ4v) is 3.99. The molecule has 2 aromatic heterocycles. The summed E-state index contributed by atoms with van der Waals surface area (Å²) in [5, 5.41) is 5.12. The summed E-state index contributed by atoms with van der Waals surface area (Å²) in [4.78, 5) is 53.1. The molecule has 10 nitrogen and oxygen atoms in total. The van der Waals surface area contributed by atoms with E-state index in [4.69, 9.17) is 13.9 Å². The molecule has 0 radical (unpaired) electrons. The van der Waals surface area contributed by atoms with Crippen LogP contribution in [0.3, 0.4) is 0 Å². The van der Waals surface area contributed by atoms with E-state index in [2.05, 4.69) is 15.6 Å². The summed E-state index contributed by atoms with van der Waals surface area (Å²) < 4.78 is 15.4. The number of esters is 2. The smallest absolute Gasteiger partial charge is 0.341 e. The Morgan fingerprint density at radius 3 is 2.64 bits per heavy atom. The SMILES string of the molecule is CCOC(=O)c1c(NC(=O)COC(=O)/C=C/c2nc3ccccc3o2)sc(C(=O)NC)c1C. The summed E-state index contributed by atoms with van der Waals surface area (Å²) >= 11 is 0.925. The van der Waals surface area contributed by atoms with Crippen molar-refractivity contribution in [1.82, 2.24) is 10.3 Å². The molecule has 0 bridgehead atoms. The molecule has 3 aromatic rings. The highest BCUT2D eigenvalue weighted by molar-refractivity contribution is 7.18. The van der Waals surface area contributed by atoms with Crippen LogP contribution in [0.2, 0.25) is 0 Å². The molecule has 2 N–H and O–H groups in total. The monoisotopic (exact) mass is 471 g/mol. The number of fused-ring (bicyclic) bond motifs is 1. The Labute approximate surface area is 192 Å². The topological polar surface area (TPSA) is 137 Å². The molecule has 1 aromatic carbocycles. The average Bonchev–Trinajstić information content (AvgIpc) is 3.36. The van der Waals surface area contributed by atoms with Gasteiger partial charge in [0.05, 0.1) is 17.0 Å². The summed E-state index contributed by atoms with van der Waals surface area (Å²) in [5.74, 6) is -2.33. The minimum atomic E-state index is -0.786.